The third-order valence-electron chi connectivity index (χ3n) is 4.90. The van der Waals surface area contributed by atoms with Crippen molar-refractivity contribution in [3.63, 3.8) is 0 Å². The number of para-hydroxylation sites is 1. The van der Waals surface area contributed by atoms with Crippen LogP contribution in [0.3, 0.4) is 0 Å². The summed E-state index contributed by atoms with van der Waals surface area (Å²) in [7, 11) is 0. The molecule has 0 unspecified atom stereocenters. The number of aliphatic carboxylic acids is 1. The van der Waals surface area contributed by atoms with Crippen molar-refractivity contribution < 1.29 is 14.7 Å². The maximum atomic E-state index is 12.9. The highest BCUT2D eigenvalue weighted by molar-refractivity contribution is 7.20. The van der Waals surface area contributed by atoms with Crippen molar-refractivity contribution in [1.29, 1.82) is 0 Å². The van der Waals surface area contributed by atoms with Gasteiger partial charge in [0.1, 0.15) is 10.9 Å². The summed E-state index contributed by atoms with van der Waals surface area (Å²) in [6, 6.07) is 9.10. The number of carboxylic acids is 1. The van der Waals surface area contributed by atoms with E-state index in [1.807, 2.05) is 48.9 Å². The first kappa shape index (κ1) is 16.8. The number of nitrogens with zero attached hydrogens (tertiary/aromatic N) is 3. The zero-order valence-electron chi connectivity index (χ0n) is 14.6. The fourth-order valence-corrected chi connectivity index (χ4v) is 4.66. The van der Waals surface area contributed by atoms with Crippen molar-refractivity contribution in [1.82, 2.24) is 14.7 Å². The molecule has 0 radical (unpaired) electrons. The summed E-state index contributed by atoms with van der Waals surface area (Å²) in [5, 5.41) is 14.9. The Morgan fingerprint density at radius 1 is 1.27 bits per heavy atom. The average molecular weight is 369 g/mol. The van der Waals surface area contributed by atoms with Crippen molar-refractivity contribution in [2.45, 2.75) is 32.7 Å². The van der Waals surface area contributed by atoms with Crippen LogP contribution in [-0.2, 0) is 4.79 Å². The van der Waals surface area contributed by atoms with Gasteiger partial charge in [-0.25, -0.2) is 9.48 Å². The molecule has 7 heteroatoms. The normalized spacial score (nSPS) is 17.2. The molecule has 3 aromatic rings. The molecule has 1 N–H and O–H groups in total. The number of hydrogen-bond acceptors (Lipinski definition) is 4. The lowest BCUT2D eigenvalue weighted by Gasteiger charge is -2.20. The Bertz CT molecular complexity index is 1020. The summed E-state index contributed by atoms with van der Waals surface area (Å²) >= 11 is 1.37. The van der Waals surface area contributed by atoms with Crippen LogP contribution >= 0.6 is 11.3 Å². The smallest absolute Gasteiger partial charge is 0.326 e. The number of hydrogen-bond donors (Lipinski definition) is 1. The van der Waals surface area contributed by atoms with Gasteiger partial charge in [-0.2, -0.15) is 5.10 Å². The fraction of sp³-hybridized carbons (Fsp3) is 0.316. The van der Waals surface area contributed by atoms with Crippen LogP contribution in [0, 0.1) is 13.8 Å². The van der Waals surface area contributed by atoms with E-state index in [0.717, 1.165) is 33.6 Å². The second-order valence-electron chi connectivity index (χ2n) is 6.61. The van der Waals surface area contributed by atoms with Crippen molar-refractivity contribution in [3.8, 4) is 5.69 Å². The van der Waals surface area contributed by atoms with Gasteiger partial charge in [-0.15, -0.1) is 11.3 Å². The van der Waals surface area contributed by atoms with Gasteiger partial charge in [0.2, 0.25) is 0 Å². The Kier molecular flexibility index (Phi) is 4.03. The maximum absolute atomic E-state index is 12.9. The molecule has 3 heterocycles. The third-order valence-corrected chi connectivity index (χ3v) is 6.00. The number of carboxylic acid groups (broad SMARTS) is 1. The first-order chi connectivity index (χ1) is 12.5. The molecule has 134 valence electrons. The Balaban J connectivity index is 1.77. The standard InChI is InChI=1S/C19H19N3O3S/c1-11-6-3-4-7-14(11)22-18-13(12(2)20-22)10-16(26-18)17(23)21-9-5-8-15(21)19(24)25/h3-4,6-7,10,15H,5,8-9H2,1-2H3,(H,24,25)/t15-/m0/s1. The van der Waals surface area contributed by atoms with Crippen molar-refractivity contribution in [2.75, 3.05) is 6.54 Å². The maximum Gasteiger partial charge on any atom is 0.326 e. The van der Waals surface area contributed by atoms with Crippen molar-refractivity contribution >= 4 is 33.4 Å². The second-order valence-corrected chi connectivity index (χ2v) is 7.64. The number of aryl methyl sites for hydroxylation is 2. The molecule has 1 fully saturated rings. The zero-order valence-corrected chi connectivity index (χ0v) is 15.4. The molecule has 1 atom stereocenters. The summed E-state index contributed by atoms with van der Waals surface area (Å²) in [5.41, 5.74) is 2.94. The fourth-order valence-electron chi connectivity index (χ4n) is 3.53. The Labute approximate surface area is 154 Å². The van der Waals surface area contributed by atoms with Crippen LogP contribution in [0.15, 0.2) is 30.3 Å². The van der Waals surface area contributed by atoms with Crippen LogP contribution in [0.5, 0.6) is 0 Å². The first-order valence-electron chi connectivity index (χ1n) is 8.56. The monoisotopic (exact) mass is 369 g/mol. The Morgan fingerprint density at radius 3 is 2.77 bits per heavy atom. The molecule has 0 spiro atoms. The number of fused-ring (bicyclic) bond motifs is 1. The Morgan fingerprint density at radius 2 is 2.04 bits per heavy atom. The summed E-state index contributed by atoms with van der Waals surface area (Å²) in [6.45, 7) is 4.44. The van der Waals surface area contributed by atoms with E-state index >= 15 is 0 Å². The van der Waals surface area contributed by atoms with Gasteiger partial charge in [-0.1, -0.05) is 18.2 Å². The molecular formula is C19H19N3O3S. The molecule has 1 aliphatic heterocycles. The number of thiophene rings is 1. The number of amides is 1. The Hall–Kier alpha value is -2.67. The minimum atomic E-state index is -0.931. The zero-order chi connectivity index (χ0) is 18.4. The van der Waals surface area contributed by atoms with Crippen LogP contribution in [-0.4, -0.2) is 44.3 Å². The molecule has 1 aliphatic rings. The van der Waals surface area contributed by atoms with E-state index in [9.17, 15) is 14.7 Å². The van der Waals surface area contributed by atoms with Crippen LogP contribution in [0.25, 0.3) is 15.9 Å². The van der Waals surface area contributed by atoms with E-state index in [2.05, 4.69) is 5.10 Å². The third kappa shape index (κ3) is 2.59. The molecule has 0 aliphatic carbocycles. The lowest BCUT2D eigenvalue weighted by atomic mass is 10.2. The SMILES string of the molecule is Cc1ccccc1-n1nc(C)c2cc(C(=O)N3CCC[C@H]3C(=O)O)sc21. The lowest BCUT2D eigenvalue weighted by molar-refractivity contribution is -0.141. The van der Waals surface area contributed by atoms with E-state index in [1.54, 1.807) is 0 Å². The predicted molar refractivity (Wildman–Crippen MR) is 100 cm³/mol. The van der Waals surface area contributed by atoms with E-state index < -0.39 is 12.0 Å². The van der Waals surface area contributed by atoms with Gasteiger partial charge in [0.25, 0.3) is 5.91 Å². The van der Waals surface area contributed by atoms with E-state index in [0.29, 0.717) is 17.8 Å². The predicted octanol–water partition coefficient (Wildman–Crippen LogP) is 3.39. The quantitative estimate of drug-likeness (QED) is 0.768. The first-order valence-corrected chi connectivity index (χ1v) is 9.38. The largest absolute Gasteiger partial charge is 0.480 e. The highest BCUT2D eigenvalue weighted by atomic mass is 32.1. The summed E-state index contributed by atoms with van der Waals surface area (Å²) in [5.74, 6) is -1.13. The lowest BCUT2D eigenvalue weighted by Crippen LogP contribution is -2.40. The molecule has 0 bridgehead atoms. The van der Waals surface area contributed by atoms with Crippen LogP contribution in [0.2, 0.25) is 0 Å². The van der Waals surface area contributed by atoms with Gasteiger partial charge < -0.3 is 10.0 Å². The number of carbonyl (C=O) groups is 2. The van der Waals surface area contributed by atoms with Gasteiger partial charge in [0, 0.05) is 11.9 Å². The minimum absolute atomic E-state index is 0.202. The van der Waals surface area contributed by atoms with Gasteiger partial charge in [-0.3, -0.25) is 4.79 Å². The molecule has 0 saturated carbocycles. The summed E-state index contributed by atoms with van der Waals surface area (Å²) in [4.78, 5) is 27.2. The number of carbonyl (C=O) groups excluding carboxylic acids is 1. The molecular weight excluding hydrogens is 350 g/mol. The number of likely N-dealkylation sites (tertiary alicyclic amines) is 1. The van der Waals surface area contributed by atoms with Gasteiger partial charge in [0.15, 0.2) is 0 Å². The minimum Gasteiger partial charge on any atom is -0.480 e. The van der Waals surface area contributed by atoms with Crippen LogP contribution in [0.1, 0.15) is 33.8 Å². The second kappa shape index (κ2) is 6.25. The van der Waals surface area contributed by atoms with Gasteiger partial charge in [-0.05, 0) is 44.4 Å². The van der Waals surface area contributed by atoms with E-state index in [4.69, 9.17) is 0 Å². The molecule has 1 aromatic carbocycles. The number of aromatic nitrogens is 2. The summed E-state index contributed by atoms with van der Waals surface area (Å²) < 4.78 is 1.88. The van der Waals surface area contributed by atoms with Gasteiger partial charge in [0.05, 0.1) is 16.3 Å². The topological polar surface area (TPSA) is 75.4 Å². The molecule has 6 nitrogen and oxygen atoms in total. The average Bonchev–Trinajstić information content (AvgIpc) is 3.31. The van der Waals surface area contributed by atoms with Gasteiger partial charge >= 0.3 is 5.97 Å². The summed E-state index contributed by atoms with van der Waals surface area (Å²) in [6.07, 6.45) is 1.24. The van der Waals surface area contributed by atoms with Crippen molar-refractivity contribution in [3.05, 3.63) is 46.5 Å². The van der Waals surface area contributed by atoms with Crippen molar-refractivity contribution in [2.24, 2.45) is 0 Å². The van der Waals surface area contributed by atoms with Crippen LogP contribution < -0.4 is 0 Å². The molecule has 2 aromatic heterocycles. The molecule has 4 rings (SSSR count). The highest BCUT2D eigenvalue weighted by Gasteiger charge is 2.35. The number of benzene rings is 1. The van der Waals surface area contributed by atoms with E-state index in [1.165, 1.54) is 16.2 Å². The molecule has 26 heavy (non-hydrogen) atoms. The molecule has 1 amide bonds. The highest BCUT2D eigenvalue weighted by Crippen LogP contribution is 2.33. The number of rotatable bonds is 3. The molecule has 1 saturated heterocycles. The van der Waals surface area contributed by atoms with E-state index in [-0.39, 0.29) is 5.91 Å². The van der Waals surface area contributed by atoms with Crippen LogP contribution in [0.4, 0.5) is 0 Å².